The highest BCUT2D eigenvalue weighted by Gasteiger charge is 2.39. The van der Waals surface area contributed by atoms with E-state index in [1.807, 2.05) is 0 Å². The number of thiophene rings is 1. The average molecular weight is 365 g/mol. The molecule has 1 aromatic carbocycles. The van der Waals surface area contributed by atoms with Gasteiger partial charge < -0.3 is 9.80 Å². The summed E-state index contributed by atoms with van der Waals surface area (Å²) in [6.07, 6.45) is 4.03. The van der Waals surface area contributed by atoms with Crippen molar-refractivity contribution in [2.75, 3.05) is 25.5 Å². The Labute approximate surface area is 158 Å². The molecule has 3 heterocycles. The van der Waals surface area contributed by atoms with Gasteiger partial charge in [0.2, 0.25) is 0 Å². The number of benzene rings is 1. The zero-order valence-electron chi connectivity index (χ0n) is 15.4. The van der Waals surface area contributed by atoms with Gasteiger partial charge in [0.1, 0.15) is 16.5 Å². The van der Waals surface area contributed by atoms with Crippen molar-refractivity contribution >= 4 is 27.4 Å². The van der Waals surface area contributed by atoms with Crippen LogP contribution in [0.5, 0.6) is 0 Å². The van der Waals surface area contributed by atoms with Crippen LogP contribution in [0.4, 0.5) is 5.82 Å². The third kappa shape index (κ3) is 2.70. The average Bonchev–Trinajstić information content (AvgIpc) is 3.36. The van der Waals surface area contributed by atoms with E-state index in [1.165, 1.54) is 41.6 Å². The summed E-state index contributed by atoms with van der Waals surface area (Å²) >= 11 is 1.75. The van der Waals surface area contributed by atoms with Gasteiger partial charge >= 0.3 is 0 Å². The predicted molar refractivity (Wildman–Crippen MR) is 109 cm³/mol. The number of hydrogen-bond donors (Lipinski definition) is 0. The van der Waals surface area contributed by atoms with Crippen molar-refractivity contribution < 1.29 is 0 Å². The Hall–Kier alpha value is -1.98. The van der Waals surface area contributed by atoms with Crippen molar-refractivity contribution in [2.24, 2.45) is 5.92 Å². The number of rotatable bonds is 4. The Morgan fingerprint density at radius 1 is 1.15 bits per heavy atom. The van der Waals surface area contributed by atoms with Gasteiger partial charge in [-0.05, 0) is 44.8 Å². The summed E-state index contributed by atoms with van der Waals surface area (Å²) in [7, 11) is 4.16. The van der Waals surface area contributed by atoms with Crippen LogP contribution in [0.25, 0.3) is 21.3 Å². The van der Waals surface area contributed by atoms with Crippen LogP contribution in [-0.2, 0) is 6.54 Å². The first-order chi connectivity index (χ1) is 12.7. The molecule has 0 amide bonds. The molecule has 2 unspecified atom stereocenters. The van der Waals surface area contributed by atoms with Crippen LogP contribution in [0.3, 0.4) is 0 Å². The van der Waals surface area contributed by atoms with E-state index in [0.29, 0.717) is 6.04 Å². The second-order valence-electron chi connectivity index (χ2n) is 7.88. The minimum Gasteiger partial charge on any atom is -0.353 e. The van der Waals surface area contributed by atoms with E-state index in [2.05, 4.69) is 59.6 Å². The van der Waals surface area contributed by atoms with E-state index in [4.69, 9.17) is 9.97 Å². The number of piperidine rings is 1. The van der Waals surface area contributed by atoms with Gasteiger partial charge in [-0.3, -0.25) is 0 Å². The molecular formula is C21H24N4S. The standard InChI is InChI=1S/C21H24N4S/c1-24(2)12-18-22-20(25-11-14-8-9-16(25)10-14)19-17(13-26-21(19)23-18)15-6-4-3-5-7-15/h3-7,13-14,16H,8-12H2,1-2H3. The lowest BCUT2D eigenvalue weighted by Crippen LogP contribution is -2.33. The van der Waals surface area contributed by atoms with Crippen LogP contribution in [0, 0.1) is 5.92 Å². The summed E-state index contributed by atoms with van der Waals surface area (Å²) in [6, 6.07) is 11.3. The minimum absolute atomic E-state index is 0.661. The Morgan fingerprint density at radius 3 is 2.69 bits per heavy atom. The monoisotopic (exact) mass is 364 g/mol. The first-order valence-corrected chi connectivity index (χ1v) is 10.3. The zero-order chi connectivity index (χ0) is 17.7. The molecule has 26 heavy (non-hydrogen) atoms. The molecule has 0 radical (unpaired) electrons. The fraction of sp³-hybridized carbons (Fsp3) is 0.429. The third-order valence-electron chi connectivity index (χ3n) is 5.68. The summed E-state index contributed by atoms with van der Waals surface area (Å²) in [4.78, 5) is 15.8. The molecule has 0 spiro atoms. The molecule has 1 saturated carbocycles. The van der Waals surface area contributed by atoms with E-state index in [1.54, 1.807) is 11.3 Å². The molecule has 2 aliphatic rings. The summed E-state index contributed by atoms with van der Waals surface area (Å²) in [5.41, 5.74) is 2.54. The van der Waals surface area contributed by atoms with Crippen molar-refractivity contribution in [1.82, 2.24) is 14.9 Å². The fourth-order valence-corrected chi connectivity index (χ4v) is 5.50. The molecule has 2 atom stereocenters. The maximum Gasteiger partial charge on any atom is 0.146 e. The van der Waals surface area contributed by atoms with Gasteiger partial charge in [0, 0.05) is 23.5 Å². The summed E-state index contributed by atoms with van der Waals surface area (Å²) in [6.45, 7) is 1.94. The van der Waals surface area contributed by atoms with Crippen molar-refractivity contribution in [3.63, 3.8) is 0 Å². The predicted octanol–water partition coefficient (Wildman–Crippen LogP) is 4.41. The highest BCUT2D eigenvalue weighted by Crippen LogP contribution is 2.45. The molecule has 1 aliphatic carbocycles. The Bertz CT molecular complexity index is 934. The van der Waals surface area contributed by atoms with Gasteiger partial charge in [-0.1, -0.05) is 30.3 Å². The molecule has 4 nitrogen and oxygen atoms in total. The highest BCUT2D eigenvalue weighted by atomic mass is 32.1. The molecule has 1 aliphatic heterocycles. The first kappa shape index (κ1) is 16.2. The van der Waals surface area contributed by atoms with Gasteiger partial charge in [0.05, 0.1) is 11.9 Å². The third-order valence-corrected chi connectivity index (χ3v) is 6.56. The molecule has 0 N–H and O–H groups in total. The molecular weight excluding hydrogens is 340 g/mol. The van der Waals surface area contributed by atoms with Crippen molar-refractivity contribution in [2.45, 2.75) is 31.8 Å². The number of nitrogens with zero attached hydrogens (tertiary/aromatic N) is 4. The Balaban J connectivity index is 1.69. The molecule has 2 bridgehead atoms. The van der Waals surface area contributed by atoms with Crippen LogP contribution in [0.1, 0.15) is 25.1 Å². The lowest BCUT2D eigenvalue weighted by atomic mass is 10.0. The lowest BCUT2D eigenvalue weighted by molar-refractivity contribution is 0.391. The van der Waals surface area contributed by atoms with Crippen LogP contribution in [0.15, 0.2) is 35.7 Å². The molecule has 2 aromatic heterocycles. The van der Waals surface area contributed by atoms with Crippen molar-refractivity contribution in [1.29, 1.82) is 0 Å². The number of anilines is 1. The summed E-state index contributed by atoms with van der Waals surface area (Å²) in [5.74, 6) is 2.95. The second-order valence-corrected chi connectivity index (χ2v) is 8.74. The van der Waals surface area contributed by atoms with E-state index in [0.717, 1.165) is 29.7 Å². The smallest absolute Gasteiger partial charge is 0.146 e. The topological polar surface area (TPSA) is 32.3 Å². The molecule has 3 aromatic rings. The Morgan fingerprint density at radius 2 is 2.00 bits per heavy atom. The summed E-state index contributed by atoms with van der Waals surface area (Å²) in [5, 5.41) is 3.50. The van der Waals surface area contributed by atoms with Crippen molar-refractivity contribution in [3.8, 4) is 11.1 Å². The first-order valence-electron chi connectivity index (χ1n) is 9.44. The molecule has 2 fully saturated rings. The molecule has 5 rings (SSSR count). The van der Waals surface area contributed by atoms with Gasteiger partial charge in [0.15, 0.2) is 0 Å². The van der Waals surface area contributed by atoms with Crippen LogP contribution in [-0.4, -0.2) is 41.5 Å². The second kappa shape index (κ2) is 6.32. The number of hydrogen-bond acceptors (Lipinski definition) is 5. The van der Waals surface area contributed by atoms with E-state index < -0.39 is 0 Å². The van der Waals surface area contributed by atoms with Crippen LogP contribution >= 0.6 is 11.3 Å². The van der Waals surface area contributed by atoms with Gasteiger partial charge in [-0.15, -0.1) is 11.3 Å². The normalized spacial score (nSPS) is 22.0. The fourth-order valence-electron chi connectivity index (χ4n) is 4.54. The lowest BCUT2D eigenvalue weighted by Gasteiger charge is -2.29. The van der Waals surface area contributed by atoms with Crippen LogP contribution < -0.4 is 4.90 Å². The highest BCUT2D eigenvalue weighted by molar-refractivity contribution is 7.17. The molecule has 5 heteroatoms. The van der Waals surface area contributed by atoms with Crippen LogP contribution in [0.2, 0.25) is 0 Å². The quantitative estimate of drug-likeness (QED) is 0.686. The molecule has 134 valence electrons. The summed E-state index contributed by atoms with van der Waals surface area (Å²) < 4.78 is 0. The SMILES string of the molecule is CN(C)Cc1nc(N2CC3CCC2C3)c2c(-c3ccccc3)csc2n1. The maximum atomic E-state index is 5.08. The number of aromatic nitrogens is 2. The number of fused-ring (bicyclic) bond motifs is 3. The van der Waals surface area contributed by atoms with E-state index in [9.17, 15) is 0 Å². The largest absolute Gasteiger partial charge is 0.353 e. The van der Waals surface area contributed by atoms with Gasteiger partial charge in [0.25, 0.3) is 0 Å². The zero-order valence-corrected chi connectivity index (χ0v) is 16.2. The Kier molecular flexibility index (Phi) is 3.94. The minimum atomic E-state index is 0.661. The van der Waals surface area contributed by atoms with Gasteiger partial charge in [-0.25, -0.2) is 9.97 Å². The van der Waals surface area contributed by atoms with E-state index >= 15 is 0 Å². The molecule has 1 saturated heterocycles. The van der Waals surface area contributed by atoms with Gasteiger partial charge in [-0.2, -0.15) is 0 Å². The maximum absolute atomic E-state index is 5.08. The van der Waals surface area contributed by atoms with E-state index in [-0.39, 0.29) is 0 Å². The van der Waals surface area contributed by atoms with Crippen molar-refractivity contribution in [3.05, 3.63) is 41.5 Å².